The minimum absolute atomic E-state index is 0.106. The van der Waals surface area contributed by atoms with Crippen molar-refractivity contribution < 1.29 is 8.42 Å². The predicted octanol–water partition coefficient (Wildman–Crippen LogP) is 1.77. The first-order valence-electron chi connectivity index (χ1n) is 7.30. The van der Waals surface area contributed by atoms with E-state index in [0.717, 1.165) is 51.1 Å². The Kier molecular flexibility index (Phi) is 4.67. The van der Waals surface area contributed by atoms with Crippen molar-refractivity contribution in [1.29, 1.82) is 0 Å². The van der Waals surface area contributed by atoms with Crippen molar-refractivity contribution in [3.05, 3.63) is 0 Å². The molecule has 0 aromatic heterocycles. The van der Waals surface area contributed by atoms with Gasteiger partial charge in [-0.1, -0.05) is 6.92 Å². The first-order chi connectivity index (χ1) is 8.55. The molecule has 0 radical (unpaired) electrons. The van der Waals surface area contributed by atoms with Crippen LogP contribution >= 0.6 is 0 Å². The number of sulfonamides is 1. The lowest BCUT2D eigenvalue weighted by molar-refractivity contribution is 0.214. The van der Waals surface area contributed by atoms with E-state index in [0.29, 0.717) is 0 Å². The normalized spacial score (nSPS) is 22.7. The second-order valence-corrected chi connectivity index (χ2v) is 7.69. The lowest BCUT2D eigenvalue weighted by Gasteiger charge is -2.41. The third kappa shape index (κ3) is 4.21. The molecule has 2 rings (SSSR count). The van der Waals surface area contributed by atoms with E-state index in [9.17, 15) is 8.42 Å². The van der Waals surface area contributed by atoms with E-state index in [4.69, 9.17) is 0 Å². The molecule has 0 atom stereocenters. The molecule has 18 heavy (non-hydrogen) atoms. The van der Waals surface area contributed by atoms with Gasteiger partial charge in [-0.25, -0.2) is 13.1 Å². The highest BCUT2D eigenvalue weighted by molar-refractivity contribution is 7.89. The van der Waals surface area contributed by atoms with Crippen LogP contribution in [0.5, 0.6) is 0 Å². The van der Waals surface area contributed by atoms with Gasteiger partial charge in [-0.2, -0.15) is 0 Å². The largest absolute Gasteiger partial charge is 0.314 e. The molecule has 0 aliphatic heterocycles. The highest BCUT2D eigenvalue weighted by Crippen LogP contribution is 2.35. The van der Waals surface area contributed by atoms with E-state index in [1.165, 1.54) is 12.8 Å². The van der Waals surface area contributed by atoms with Crippen LogP contribution in [0, 0.1) is 0 Å². The first kappa shape index (κ1) is 14.3. The van der Waals surface area contributed by atoms with Crippen LogP contribution in [0.25, 0.3) is 0 Å². The van der Waals surface area contributed by atoms with Gasteiger partial charge >= 0.3 is 0 Å². The predicted molar refractivity (Wildman–Crippen MR) is 74.1 cm³/mol. The van der Waals surface area contributed by atoms with Crippen molar-refractivity contribution in [2.75, 3.05) is 12.3 Å². The van der Waals surface area contributed by atoms with E-state index in [1.807, 2.05) is 0 Å². The van der Waals surface area contributed by atoms with Gasteiger partial charge in [0.05, 0.1) is 5.75 Å². The maximum Gasteiger partial charge on any atom is 0.212 e. The van der Waals surface area contributed by atoms with Gasteiger partial charge in [0.15, 0.2) is 0 Å². The fraction of sp³-hybridized carbons (Fsp3) is 1.00. The molecule has 2 N–H and O–H groups in total. The molecule has 0 saturated heterocycles. The van der Waals surface area contributed by atoms with Gasteiger partial charge in [0.1, 0.15) is 0 Å². The third-order valence-electron chi connectivity index (χ3n) is 4.21. The van der Waals surface area contributed by atoms with Crippen LogP contribution in [0.15, 0.2) is 0 Å². The Bertz CT molecular complexity index is 354. The lowest BCUT2D eigenvalue weighted by Crippen LogP contribution is -2.53. The molecular formula is C13H26N2O2S. The minimum Gasteiger partial charge on any atom is -0.314 e. The van der Waals surface area contributed by atoms with E-state index in [-0.39, 0.29) is 11.3 Å². The van der Waals surface area contributed by atoms with Gasteiger partial charge in [0, 0.05) is 11.6 Å². The summed E-state index contributed by atoms with van der Waals surface area (Å²) < 4.78 is 26.9. The molecular weight excluding hydrogens is 248 g/mol. The summed E-state index contributed by atoms with van der Waals surface area (Å²) in [5.41, 5.74) is -0.106. The number of hydrogen-bond acceptors (Lipinski definition) is 3. The molecule has 2 fully saturated rings. The first-order valence-corrected chi connectivity index (χ1v) is 8.95. The Morgan fingerprint density at radius 1 is 1.22 bits per heavy atom. The smallest absolute Gasteiger partial charge is 0.212 e. The van der Waals surface area contributed by atoms with Crippen LogP contribution in [0.1, 0.15) is 58.3 Å². The molecule has 0 spiro atoms. The molecule has 2 aliphatic rings. The molecule has 0 bridgehead atoms. The van der Waals surface area contributed by atoms with E-state index < -0.39 is 10.0 Å². The highest BCUT2D eigenvalue weighted by atomic mass is 32.2. The molecule has 4 nitrogen and oxygen atoms in total. The van der Waals surface area contributed by atoms with E-state index in [1.54, 1.807) is 0 Å². The molecule has 2 aliphatic carbocycles. The van der Waals surface area contributed by atoms with E-state index >= 15 is 0 Å². The van der Waals surface area contributed by atoms with Crippen LogP contribution in [-0.2, 0) is 10.0 Å². The Balaban J connectivity index is 1.63. The summed E-state index contributed by atoms with van der Waals surface area (Å²) in [7, 11) is -3.08. The molecule has 5 heteroatoms. The molecule has 106 valence electrons. The maximum absolute atomic E-state index is 12.0. The molecule has 0 amide bonds. The average molecular weight is 274 g/mol. The van der Waals surface area contributed by atoms with Gasteiger partial charge in [0.25, 0.3) is 0 Å². The van der Waals surface area contributed by atoms with Crippen LogP contribution in [-0.4, -0.2) is 32.3 Å². The Morgan fingerprint density at radius 2 is 1.94 bits per heavy atom. The SMILES string of the molecule is CCC1(NS(=O)(=O)CCCCNC2CC2)CCC1. The zero-order chi connectivity index (χ0) is 13.1. The standard InChI is InChI=1S/C13H26N2O2S/c1-2-13(8-5-9-13)15-18(16,17)11-4-3-10-14-12-6-7-12/h12,14-15H,2-11H2,1H3. The number of unbranched alkanes of at least 4 members (excludes halogenated alkanes) is 1. The monoisotopic (exact) mass is 274 g/mol. The fourth-order valence-electron chi connectivity index (χ4n) is 2.52. The molecule has 0 aromatic rings. The summed E-state index contributed by atoms with van der Waals surface area (Å²) in [4.78, 5) is 0. The van der Waals surface area contributed by atoms with Crippen LogP contribution in [0.4, 0.5) is 0 Å². The Labute approximate surface area is 111 Å². The summed E-state index contributed by atoms with van der Waals surface area (Å²) in [5, 5.41) is 3.41. The Hall–Kier alpha value is -0.130. The third-order valence-corrected chi connectivity index (χ3v) is 5.78. The quantitative estimate of drug-likeness (QED) is 0.630. The van der Waals surface area contributed by atoms with Gasteiger partial charge < -0.3 is 5.32 Å². The van der Waals surface area contributed by atoms with Gasteiger partial charge in [-0.15, -0.1) is 0 Å². The summed E-state index contributed by atoms with van der Waals surface area (Å²) in [6, 6.07) is 0.720. The summed E-state index contributed by atoms with van der Waals surface area (Å²) in [5.74, 6) is 0.279. The van der Waals surface area contributed by atoms with Gasteiger partial charge in [0.2, 0.25) is 10.0 Å². The molecule has 0 aromatic carbocycles. The zero-order valence-electron chi connectivity index (χ0n) is 11.4. The zero-order valence-corrected chi connectivity index (χ0v) is 12.2. The van der Waals surface area contributed by atoms with Crippen LogP contribution < -0.4 is 10.0 Å². The minimum atomic E-state index is -3.08. The van der Waals surface area contributed by atoms with E-state index in [2.05, 4.69) is 17.0 Å². The fourth-order valence-corrected chi connectivity index (χ4v) is 4.22. The topological polar surface area (TPSA) is 58.2 Å². The lowest BCUT2D eigenvalue weighted by atomic mass is 9.76. The molecule has 0 unspecified atom stereocenters. The number of nitrogens with one attached hydrogen (secondary N) is 2. The number of rotatable bonds is 9. The highest BCUT2D eigenvalue weighted by Gasteiger charge is 2.38. The van der Waals surface area contributed by atoms with Crippen molar-refractivity contribution in [1.82, 2.24) is 10.0 Å². The van der Waals surface area contributed by atoms with Crippen molar-refractivity contribution in [3.8, 4) is 0 Å². The second kappa shape index (κ2) is 5.88. The molecule has 0 heterocycles. The summed E-state index contributed by atoms with van der Waals surface area (Å²) in [6.45, 7) is 3.03. The van der Waals surface area contributed by atoms with Gasteiger partial charge in [-0.05, 0) is 57.9 Å². The number of hydrogen-bond donors (Lipinski definition) is 2. The van der Waals surface area contributed by atoms with Crippen LogP contribution in [0.2, 0.25) is 0 Å². The Morgan fingerprint density at radius 3 is 2.44 bits per heavy atom. The van der Waals surface area contributed by atoms with Crippen molar-refractivity contribution in [3.63, 3.8) is 0 Å². The van der Waals surface area contributed by atoms with Crippen LogP contribution in [0.3, 0.4) is 0 Å². The summed E-state index contributed by atoms with van der Waals surface area (Å²) in [6.07, 6.45) is 8.37. The molecule has 2 saturated carbocycles. The summed E-state index contributed by atoms with van der Waals surface area (Å²) >= 11 is 0. The second-order valence-electron chi connectivity index (χ2n) is 5.84. The average Bonchev–Trinajstić information content (AvgIpc) is 3.07. The maximum atomic E-state index is 12.0. The van der Waals surface area contributed by atoms with Crippen molar-refractivity contribution in [2.45, 2.75) is 69.9 Å². The van der Waals surface area contributed by atoms with Crippen molar-refractivity contribution >= 4 is 10.0 Å². The van der Waals surface area contributed by atoms with Gasteiger partial charge in [-0.3, -0.25) is 0 Å². The van der Waals surface area contributed by atoms with Crippen molar-refractivity contribution in [2.24, 2.45) is 0 Å².